The molecular formula is C32H44N2O2S2. The lowest BCUT2D eigenvalue weighted by Crippen LogP contribution is -2.06. The third kappa shape index (κ3) is 10.1. The second-order valence-electron chi connectivity index (χ2n) is 11.3. The van der Waals surface area contributed by atoms with Crippen molar-refractivity contribution in [1.82, 2.24) is 4.98 Å². The third-order valence-electron chi connectivity index (χ3n) is 5.54. The van der Waals surface area contributed by atoms with E-state index in [0.29, 0.717) is 22.6 Å². The van der Waals surface area contributed by atoms with Gasteiger partial charge in [-0.1, -0.05) is 52.8 Å². The van der Waals surface area contributed by atoms with E-state index in [9.17, 15) is 5.26 Å². The molecule has 0 N–H and O–H groups in total. The van der Waals surface area contributed by atoms with Crippen LogP contribution in [0.2, 0.25) is 0 Å². The summed E-state index contributed by atoms with van der Waals surface area (Å²) in [5.74, 6) is 2.37. The van der Waals surface area contributed by atoms with Gasteiger partial charge in [-0.2, -0.15) is 17.0 Å². The maximum atomic E-state index is 9.47. The number of ether oxygens (including phenoxy) is 2. The van der Waals surface area contributed by atoms with E-state index in [2.05, 4.69) is 70.1 Å². The van der Waals surface area contributed by atoms with Crippen molar-refractivity contribution < 1.29 is 9.47 Å². The molecule has 6 heteroatoms. The molecule has 1 aromatic heterocycles. The quantitative estimate of drug-likeness (QED) is 0.273. The van der Waals surface area contributed by atoms with Gasteiger partial charge < -0.3 is 9.47 Å². The van der Waals surface area contributed by atoms with Gasteiger partial charge in [-0.15, -0.1) is 11.3 Å². The average Bonchev–Trinajstić information content (AvgIpc) is 3.49. The number of thioether (sulfide) groups is 1. The molecule has 3 aromatic rings. The van der Waals surface area contributed by atoms with E-state index in [1.165, 1.54) is 28.0 Å². The maximum absolute atomic E-state index is 9.47. The third-order valence-corrected chi connectivity index (χ3v) is 7.20. The molecule has 1 aliphatic rings. The highest BCUT2D eigenvalue weighted by atomic mass is 32.2. The Morgan fingerprint density at radius 1 is 1.18 bits per heavy atom. The summed E-state index contributed by atoms with van der Waals surface area (Å²) in [4.78, 5) is 5.83. The lowest BCUT2D eigenvalue weighted by atomic mass is 9.99. The number of nitriles is 1. The van der Waals surface area contributed by atoms with Crippen molar-refractivity contribution in [2.75, 3.05) is 25.7 Å². The minimum Gasteiger partial charge on any atom is -0.490 e. The molecular weight excluding hydrogens is 508 g/mol. The predicted molar refractivity (Wildman–Crippen MR) is 166 cm³/mol. The van der Waals surface area contributed by atoms with Gasteiger partial charge in [-0.05, 0) is 79.2 Å². The van der Waals surface area contributed by atoms with Gasteiger partial charge in [-0.25, -0.2) is 4.98 Å². The normalized spacial score (nSPS) is 14.1. The number of methoxy groups -OCH3 is 1. The zero-order chi connectivity index (χ0) is 28.3. The summed E-state index contributed by atoms with van der Waals surface area (Å²) in [7, 11) is 1.72. The summed E-state index contributed by atoms with van der Waals surface area (Å²) in [6.07, 6.45) is 6.43. The van der Waals surface area contributed by atoms with Gasteiger partial charge in [0.1, 0.15) is 16.8 Å². The van der Waals surface area contributed by atoms with E-state index < -0.39 is 0 Å². The predicted octanol–water partition coefficient (Wildman–Crippen LogP) is 9.23. The summed E-state index contributed by atoms with van der Waals surface area (Å²) in [6.45, 7) is 15.8. The molecule has 1 aliphatic carbocycles. The van der Waals surface area contributed by atoms with Crippen LogP contribution in [0.5, 0.6) is 5.75 Å². The van der Waals surface area contributed by atoms with Crippen molar-refractivity contribution >= 4 is 23.1 Å². The van der Waals surface area contributed by atoms with Gasteiger partial charge in [0.05, 0.1) is 23.2 Å². The van der Waals surface area contributed by atoms with Gasteiger partial charge in [-0.3, -0.25) is 0 Å². The van der Waals surface area contributed by atoms with Crippen molar-refractivity contribution in [3.8, 4) is 32.8 Å². The molecule has 1 heterocycles. The highest BCUT2D eigenvalue weighted by Crippen LogP contribution is 2.41. The van der Waals surface area contributed by atoms with Crippen LogP contribution in [-0.4, -0.2) is 36.8 Å². The number of aromatic nitrogens is 1. The maximum Gasteiger partial charge on any atom is 0.137 e. The first-order valence-corrected chi connectivity index (χ1v) is 15.5. The van der Waals surface area contributed by atoms with Crippen LogP contribution in [0.15, 0.2) is 42.6 Å². The molecule has 0 amide bonds. The van der Waals surface area contributed by atoms with Crippen LogP contribution in [0.3, 0.4) is 0 Å². The van der Waals surface area contributed by atoms with E-state index in [1.54, 1.807) is 30.2 Å². The number of hydrogen-bond acceptors (Lipinski definition) is 6. The van der Waals surface area contributed by atoms with Crippen LogP contribution in [0, 0.1) is 16.7 Å². The highest BCUT2D eigenvalue weighted by Gasteiger charge is 2.22. The van der Waals surface area contributed by atoms with Crippen LogP contribution in [0.25, 0.3) is 21.0 Å². The Labute approximate surface area is 238 Å². The SMILES string of the molecule is CC(C)(C)C.CC(C)Oc1ccc(-c2ncc(-c3cccc4c3CCC4C)s2)cc1C#N.COCCSC. The largest absolute Gasteiger partial charge is 0.490 e. The lowest BCUT2D eigenvalue weighted by molar-refractivity contribution is 0.219. The Balaban J connectivity index is 0.000000391. The van der Waals surface area contributed by atoms with Crippen LogP contribution in [-0.2, 0) is 11.2 Å². The Morgan fingerprint density at radius 3 is 2.47 bits per heavy atom. The van der Waals surface area contributed by atoms with Crippen LogP contribution in [0.1, 0.15) is 77.5 Å². The Hall–Kier alpha value is -2.33. The molecule has 1 unspecified atom stereocenters. The molecule has 0 fully saturated rings. The zero-order valence-corrected chi connectivity index (χ0v) is 26.2. The summed E-state index contributed by atoms with van der Waals surface area (Å²) in [5, 5.41) is 10.4. The van der Waals surface area contributed by atoms with E-state index in [0.717, 1.165) is 29.4 Å². The fraction of sp³-hybridized carbons (Fsp3) is 0.500. The van der Waals surface area contributed by atoms with Crippen LogP contribution in [0.4, 0.5) is 0 Å². The average molecular weight is 553 g/mol. The first-order chi connectivity index (χ1) is 18.0. The van der Waals surface area contributed by atoms with Crippen LogP contribution < -0.4 is 4.74 Å². The van der Waals surface area contributed by atoms with Crippen molar-refractivity contribution in [2.45, 2.75) is 73.3 Å². The van der Waals surface area contributed by atoms with Gasteiger partial charge in [0.2, 0.25) is 0 Å². The molecule has 0 radical (unpaired) electrons. The van der Waals surface area contributed by atoms with Gasteiger partial charge in [0.15, 0.2) is 0 Å². The fourth-order valence-corrected chi connectivity index (χ4v) is 5.20. The fourth-order valence-electron chi connectivity index (χ4n) is 3.90. The molecule has 0 saturated heterocycles. The summed E-state index contributed by atoms with van der Waals surface area (Å²) in [6, 6.07) is 14.6. The summed E-state index contributed by atoms with van der Waals surface area (Å²) in [5.41, 5.74) is 6.26. The van der Waals surface area contributed by atoms with Crippen molar-refractivity contribution in [3.05, 3.63) is 59.3 Å². The van der Waals surface area contributed by atoms with Crippen molar-refractivity contribution in [1.29, 1.82) is 5.26 Å². The Kier molecular flexibility index (Phi) is 12.8. The first kappa shape index (κ1) is 31.9. The molecule has 4 rings (SSSR count). The van der Waals surface area contributed by atoms with Crippen LogP contribution >= 0.6 is 23.1 Å². The number of rotatable bonds is 7. The molecule has 0 aliphatic heterocycles. The van der Waals surface area contributed by atoms with Crippen molar-refractivity contribution in [3.63, 3.8) is 0 Å². The highest BCUT2D eigenvalue weighted by molar-refractivity contribution is 7.98. The number of thiazole rings is 1. The van der Waals surface area contributed by atoms with E-state index >= 15 is 0 Å². The molecule has 38 heavy (non-hydrogen) atoms. The van der Waals surface area contributed by atoms with E-state index in [4.69, 9.17) is 9.47 Å². The number of benzene rings is 2. The number of hydrogen-bond donors (Lipinski definition) is 0. The summed E-state index contributed by atoms with van der Waals surface area (Å²) < 4.78 is 10.5. The first-order valence-electron chi connectivity index (χ1n) is 13.3. The number of nitrogens with zero attached hydrogens (tertiary/aromatic N) is 2. The topological polar surface area (TPSA) is 55.1 Å². The second-order valence-corrected chi connectivity index (χ2v) is 13.3. The monoisotopic (exact) mass is 552 g/mol. The molecule has 2 aromatic carbocycles. The molecule has 4 nitrogen and oxygen atoms in total. The molecule has 0 spiro atoms. The molecule has 0 saturated carbocycles. The summed E-state index contributed by atoms with van der Waals surface area (Å²) >= 11 is 3.49. The van der Waals surface area contributed by atoms with Gasteiger partial charge in [0.25, 0.3) is 0 Å². The van der Waals surface area contributed by atoms with E-state index in [-0.39, 0.29) is 6.10 Å². The minimum atomic E-state index is 0.0389. The van der Waals surface area contributed by atoms with E-state index in [1.807, 2.05) is 38.2 Å². The lowest BCUT2D eigenvalue weighted by Gasteiger charge is -2.11. The minimum absolute atomic E-state index is 0.0389. The van der Waals surface area contributed by atoms with Gasteiger partial charge >= 0.3 is 0 Å². The molecule has 0 bridgehead atoms. The smallest absolute Gasteiger partial charge is 0.137 e. The van der Waals surface area contributed by atoms with Gasteiger partial charge in [0, 0.05) is 24.6 Å². The second kappa shape index (κ2) is 15.3. The molecule has 1 atom stereocenters. The Morgan fingerprint density at radius 2 is 1.89 bits per heavy atom. The van der Waals surface area contributed by atoms with Crippen molar-refractivity contribution in [2.24, 2.45) is 5.41 Å². The Bertz CT molecular complexity index is 1180. The standard InChI is InChI=1S/C23H22N2OS.C5H12.C4H10OS/c1-14(2)26-21-10-8-16(11-17(21)12-24)23-25-13-22(27-23)20-6-4-5-18-15(3)7-9-19(18)20;1-5(2,3)4;1-5-3-4-6-2/h4-6,8,10-11,13-15H,7,9H2,1-3H3;1-4H3;3-4H2,1-2H3. The zero-order valence-electron chi connectivity index (χ0n) is 24.6. The number of fused-ring (bicyclic) bond motifs is 1. The molecule has 206 valence electrons.